The van der Waals surface area contributed by atoms with Gasteiger partial charge in [0.25, 0.3) is 0 Å². The molecule has 20 heavy (non-hydrogen) atoms. The van der Waals surface area contributed by atoms with Crippen molar-refractivity contribution in [1.82, 2.24) is 4.98 Å². The molecule has 1 aromatic heterocycles. The summed E-state index contributed by atoms with van der Waals surface area (Å²) in [6.45, 7) is 4.19. The van der Waals surface area contributed by atoms with E-state index in [1.165, 1.54) is 0 Å². The SMILES string of the molecule is CC(C)c1cc(CCl)cc(Oc2ccc(Br)cc2Br)n1. The predicted molar refractivity (Wildman–Crippen MR) is 89.8 cm³/mol. The Morgan fingerprint density at radius 1 is 1.20 bits per heavy atom. The molecule has 1 aromatic carbocycles. The molecule has 0 saturated carbocycles. The van der Waals surface area contributed by atoms with Gasteiger partial charge < -0.3 is 4.74 Å². The first-order chi connectivity index (χ1) is 9.49. The van der Waals surface area contributed by atoms with Crippen LogP contribution in [0.3, 0.4) is 0 Å². The maximum atomic E-state index is 5.93. The van der Waals surface area contributed by atoms with Gasteiger partial charge in [-0.2, -0.15) is 0 Å². The van der Waals surface area contributed by atoms with Crippen LogP contribution in [0, 0.1) is 0 Å². The molecule has 5 heteroatoms. The maximum absolute atomic E-state index is 5.93. The Balaban J connectivity index is 2.34. The molecule has 1 heterocycles. The maximum Gasteiger partial charge on any atom is 0.219 e. The Labute approximate surface area is 140 Å². The van der Waals surface area contributed by atoms with Crippen LogP contribution in [-0.2, 0) is 5.88 Å². The van der Waals surface area contributed by atoms with E-state index in [0.717, 1.165) is 26.0 Å². The van der Waals surface area contributed by atoms with Gasteiger partial charge in [-0.3, -0.25) is 0 Å². The summed E-state index contributed by atoms with van der Waals surface area (Å²) in [6, 6.07) is 9.63. The molecule has 2 rings (SSSR count). The number of hydrogen-bond donors (Lipinski definition) is 0. The van der Waals surface area contributed by atoms with Crippen molar-refractivity contribution in [3.05, 3.63) is 50.5 Å². The average molecular weight is 420 g/mol. The van der Waals surface area contributed by atoms with Crippen LogP contribution in [0.25, 0.3) is 0 Å². The highest BCUT2D eigenvalue weighted by atomic mass is 79.9. The number of rotatable bonds is 4. The number of hydrogen-bond acceptors (Lipinski definition) is 2. The van der Waals surface area contributed by atoms with Gasteiger partial charge in [-0.15, -0.1) is 11.6 Å². The minimum Gasteiger partial charge on any atom is -0.438 e. The van der Waals surface area contributed by atoms with E-state index in [-0.39, 0.29) is 0 Å². The second kappa shape index (κ2) is 6.92. The van der Waals surface area contributed by atoms with E-state index in [9.17, 15) is 0 Å². The normalized spacial score (nSPS) is 10.9. The molecule has 0 amide bonds. The lowest BCUT2D eigenvalue weighted by Gasteiger charge is -2.12. The minimum absolute atomic E-state index is 0.328. The second-order valence-corrected chi connectivity index (χ2v) is 6.74. The van der Waals surface area contributed by atoms with Crippen molar-refractivity contribution >= 4 is 43.5 Å². The van der Waals surface area contributed by atoms with Crippen LogP contribution in [0.5, 0.6) is 11.6 Å². The van der Waals surface area contributed by atoms with Crippen molar-refractivity contribution in [3.63, 3.8) is 0 Å². The number of halogens is 3. The van der Waals surface area contributed by atoms with Crippen LogP contribution in [0.4, 0.5) is 0 Å². The third-order valence-corrected chi connectivity index (χ3v) is 4.16. The predicted octanol–water partition coefficient (Wildman–Crippen LogP) is 6.26. The monoisotopic (exact) mass is 417 g/mol. The molecular formula is C15H14Br2ClNO. The Kier molecular flexibility index (Phi) is 5.47. The number of pyridine rings is 1. The number of nitrogens with zero attached hydrogens (tertiary/aromatic N) is 1. The molecular weight excluding hydrogens is 405 g/mol. The first-order valence-electron chi connectivity index (χ1n) is 6.19. The number of ether oxygens (including phenoxy) is 1. The molecule has 0 spiro atoms. The van der Waals surface area contributed by atoms with Crippen LogP contribution >= 0.6 is 43.5 Å². The van der Waals surface area contributed by atoms with Gasteiger partial charge in [-0.1, -0.05) is 29.8 Å². The molecule has 0 N–H and O–H groups in total. The van der Waals surface area contributed by atoms with Crippen molar-refractivity contribution in [2.45, 2.75) is 25.6 Å². The van der Waals surface area contributed by atoms with Crippen LogP contribution in [0.15, 0.2) is 39.3 Å². The lowest BCUT2D eigenvalue weighted by molar-refractivity contribution is 0.456. The Morgan fingerprint density at radius 2 is 1.95 bits per heavy atom. The number of alkyl halides is 1. The van der Waals surface area contributed by atoms with Crippen LogP contribution in [0.2, 0.25) is 0 Å². The van der Waals surface area contributed by atoms with E-state index < -0.39 is 0 Å². The van der Waals surface area contributed by atoms with E-state index in [2.05, 4.69) is 50.7 Å². The Hall–Kier alpha value is -0.580. The quantitative estimate of drug-likeness (QED) is 0.546. The van der Waals surface area contributed by atoms with Gasteiger partial charge in [-0.05, 0) is 51.7 Å². The van der Waals surface area contributed by atoms with Gasteiger partial charge in [0.15, 0.2) is 0 Å². The van der Waals surface area contributed by atoms with Crippen molar-refractivity contribution < 1.29 is 4.74 Å². The van der Waals surface area contributed by atoms with Gasteiger partial charge in [0.05, 0.1) is 4.47 Å². The van der Waals surface area contributed by atoms with Crippen molar-refractivity contribution in [2.75, 3.05) is 0 Å². The van der Waals surface area contributed by atoms with E-state index in [1.54, 1.807) is 0 Å². The van der Waals surface area contributed by atoms with Gasteiger partial charge >= 0.3 is 0 Å². The third-order valence-electron chi connectivity index (χ3n) is 2.74. The molecule has 0 unspecified atom stereocenters. The van der Waals surface area contributed by atoms with Crippen molar-refractivity contribution in [1.29, 1.82) is 0 Å². The van der Waals surface area contributed by atoms with E-state index >= 15 is 0 Å². The number of benzene rings is 1. The molecule has 0 aliphatic carbocycles. The topological polar surface area (TPSA) is 22.1 Å². The van der Waals surface area contributed by atoms with Crippen molar-refractivity contribution in [3.8, 4) is 11.6 Å². The zero-order chi connectivity index (χ0) is 14.7. The highest BCUT2D eigenvalue weighted by Gasteiger charge is 2.09. The van der Waals surface area contributed by atoms with Gasteiger partial charge in [-0.25, -0.2) is 4.98 Å². The summed E-state index contributed by atoms with van der Waals surface area (Å²) in [5, 5.41) is 0. The van der Waals surface area contributed by atoms with Gasteiger partial charge in [0, 0.05) is 22.1 Å². The third kappa shape index (κ3) is 3.96. The zero-order valence-corrected chi connectivity index (χ0v) is 15.1. The van der Waals surface area contributed by atoms with E-state index in [4.69, 9.17) is 16.3 Å². The summed E-state index contributed by atoms with van der Waals surface area (Å²) >= 11 is 12.8. The molecule has 0 bridgehead atoms. The molecule has 0 atom stereocenters. The minimum atomic E-state index is 0.328. The molecule has 0 aliphatic rings. The first kappa shape index (κ1) is 15.8. The molecule has 0 radical (unpaired) electrons. The second-order valence-electron chi connectivity index (χ2n) is 4.70. The Morgan fingerprint density at radius 3 is 2.55 bits per heavy atom. The Bertz CT molecular complexity index is 617. The summed E-state index contributed by atoms with van der Waals surface area (Å²) in [6.07, 6.45) is 0. The fourth-order valence-electron chi connectivity index (χ4n) is 1.68. The van der Waals surface area contributed by atoms with E-state index in [0.29, 0.717) is 17.7 Å². The average Bonchev–Trinajstić information content (AvgIpc) is 2.41. The highest BCUT2D eigenvalue weighted by molar-refractivity contribution is 9.11. The summed E-state index contributed by atoms with van der Waals surface area (Å²) < 4.78 is 7.72. The lowest BCUT2D eigenvalue weighted by Crippen LogP contribution is -1.98. The first-order valence-corrected chi connectivity index (χ1v) is 8.31. The molecule has 0 saturated heterocycles. The molecule has 0 aliphatic heterocycles. The fourth-order valence-corrected chi connectivity index (χ4v) is 2.96. The largest absolute Gasteiger partial charge is 0.438 e. The molecule has 106 valence electrons. The molecule has 2 nitrogen and oxygen atoms in total. The fraction of sp³-hybridized carbons (Fsp3) is 0.267. The van der Waals surface area contributed by atoms with Crippen LogP contribution in [0.1, 0.15) is 31.0 Å². The smallest absolute Gasteiger partial charge is 0.219 e. The summed E-state index contributed by atoms with van der Waals surface area (Å²) in [4.78, 5) is 4.53. The van der Waals surface area contributed by atoms with Gasteiger partial charge in [0.2, 0.25) is 5.88 Å². The summed E-state index contributed by atoms with van der Waals surface area (Å²) in [5.41, 5.74) is 1.99. The van der Waals surface area contributed by atoms with Crippen LogP contribution in [-0.4, -0.2) is 4.98 Å². The number of aromatic nitrogens is 1. The summed E-state index contributed by atoms with van der Waals surface area (Å²) in [7, 11) is 0. The van der Waals surface area contributed by atoms with Gasteiger partial charge in [0.1, 0.15) is 5.75 Å². The van der Waals surface area contributed by atoms with Crippen molar-refractivity contribution in [2.24, 2.45) is 0 Å². The zero-order valence-electron chi connectivity index (χ0n) is 11.2. The standard InChI is InChI=1S/C15H14Br2ClNO/c1-9(2)13-5-10(8-18)6-15(19-13)20-14-4-3-11(16)7-12(14)17/h3-7,9H,8H2,1-2H3. The van der Waals surface area contributed by atoms with E-state index in [1.807, 2.05) is 30.3 Å². The lowest BCUT2D eigenvalue weighted by atomic mass is 10.1. The molecule has 0 fully saturated rings. The molecule has 2 aromatic rings. The highest BCUT2D eigenvalue weighted by Crippen LogP contribution is 2.32. The van der Waals surface area contributed by atoms with Crippen LogP contribution < -0.4 is 4.74 Å². The summed E-state index contributed by atoms with van der Waals surface area (Å²) in [5.74, 6) is 2.06.